The molecule has 1 N–H and O–H groups in total. The van der Waals surface area contributed by atoms with Gasteiger partial charge < -0.3 is 4.74 Å². The zero-order chi connectivity index (χ0) is 16.3. The minimum atomic E-state index is -0.487. The number of carbonyl (C=O) groups excluding carboxylic acids is 1. The predicted octanol–water partition coefficient (Wildman–Crippen LogP) is 4.90. The Balaban J connectivity index is 3.24. The van der Waals surface area contributed by atoms with E-state index in [1.165, 1.54) is 12.5 Å². The number of carbonyl (C=O) groups is 1. The molecule has 21 heavy (non-hydrogen) atoms. The van der Waals surface area contributed by atoms with Gasteiger partial charge in [0.1, 0.15) is 11.3 Å². The third-order valence-corrected chi connectivity index (χ3v) is 5.34. The van der Waals surface area contributed by atoms with Crippen molar-refractivity contribution in [1.29, 1.82) is 5.41 Å². The molecule has 120 valence electrons. The third kappa shape index (κ3) is 3.38. The molecule has 0 saturated heterocycles. The summed E-state index contributed by atoms with van der Waals surface area (Å²) in [6.07, 6.45) is 5.62. The van der Waals surface area contributed by atoms with Crippen molar-refractivity contribution < 1.29 is 9.53 Å². The van der Waals surface area contributed by atoms with Crippen molar-refractivity contribution in [2.75, 3.05) is 0 Å². The molecule has 0 aliphatic heterocycles. The molecule has 3 nitrogen and oxygen atoms in total. The minimum Gasteiger partial charge on any atom is -0.454 e. The van der Waals surface area contributed by atoms with Gasteiger partial charge in [0.05, 0.1) is 0 Å². The van der Waals surface area contributed by atoms with E-state index in [0.717, 1.165) is 38.5 Å². The van der Waals surface area contributed by atoms with Crippen molar-refractivity contribution in [3.8, 4) is 0 Å². The molecular weight excluding hydrogens is 262 g/mol. The summed E-state index contributed by atoms with van der Waals surface area (Å²) in [5, 5.41) is 7.55. The number of hydrogen-bond donors (Lipinski definition) is 1. The first kappa shape index (κ1) is 17.9. The number of rotatable bonds is 6. The Morgan fingerprint density at radius 2 is 2.00 bits per heavy atom. The molecular formula is C18H31NO2. The van der Waals surface area contributed by atoms with E-state index in [0.29, 0.717) is 5.92 Å². The Hall–Kier alpha value is -1.12. The van der Waals surface area contributed by atoms with Gasteiger partial charge in [-0.15, -0.1) is 0 Å². The average molecular weight is 293 g/mol. The van der Waals surface area contributed by atoms with Gasteiger partial charge >= 0.3 is 5.97 Å². The number of nitrogens with one attached hydrogen (secondary N) is 1. The summed E-state index contributed by atoms with van der Waals surface area (Å²) in [6.45, 7) is 14.4. The van der Waals surface area contributed by atoms with Gasteiger partial charge in [-0.1, -0.05) is 39.8 Å². The van der Waals surface area contributed by atoms with Crippen molar-refractivity contribution in [3.63, 3.8) is 0 Å². The molecule has 0 spiro atoms. The first-order chi connectivity index (χ1) is 9.75. The number of ether oxygens (including phenoxy) is 1. The fourth-order valence-corrected chi connectivity index (χ4v) is 4.30. The first-order valence-electron chi connectivity index (χ1n) is 8.21. The molecule has 1 saturated carbocycles. The highest BCUT2D eigenvalue weighted by atomic mass is 16.6. The highest BCUT2D eigenvalue weighted by Crippen LogP contribution is 2.54. The van der Waals surface area contributed by atoms with E-state index in [1.807, 2.05) is 0 Å². The van der Waals surface area contributed by atoms with Crippen LogP contribution in [-0.2, 0) is 9.53 Å². The molecule has 0 amide bonds. The number of allylic oxidation sites excluding steroid dienone is 1. The van der Waals surface area contributed by atoms with Crippen LogP contribution in [0.3, 0.4) is 0 Å². The second-order valence-corrected chi connectivity index (χ2v) is 6.79. The van der Waals surface area contributed by atoms with Crippen LogP contribution < -0.4 is 0 Å². The van der Waals surface area contributed by atoms with Crippen LogP contribution in [0.4, 0.5) is 0 Å². The van der Waals surface area contributed by atoms with Gasteiger partial charge in [-0.3, -0.25) is 5.41 Å². The number of esters is 1. The van der Waals surface area contributed by atoms with E-state index in [1.54, 1.807) is 0 Å². The van der Waals surface area contributed by atoms with Crippen LogP contribution in [0.5, 0.6) is 0 Å². The van der Waals surface area contributed by atoms with Crippen molar-refractivity contribution >= 4 is 11.7 Å². The second-order valence-electron chi connectivity index (χ2n) is 6.79. The van der Waals surface area contributed by atoms with Crippen LogP contribution >= 0.6 is 0 Å². The van der Waals surface area contributed by atoms with E-state index in [-0.39, 0.29) is 11.1 Å². The highest BCUT2D eigenvalue weighted by molar-refractivity contribution is 6.34. The van der Waals surface area contributed by atoms with Gasteiger partial charge in [-0.25, -0.2) is 4.79 Å². The van der Waals surface area contributed by atoms with Crippen molar-refractivity contribution in [2.24, 2.45) is 11.3 Å². The van der Waals surface area contributed by atoms with Crippen LogP contribution in [0.15, 0.2) is 12.2 Å². The van der Waals surface area contributed by atoms with E-state index in [2.05, 4.69) is 34.3 Å². The van der Waals surface area contributed by atoms with Crippen LogP contribution in [0.25, 0.3) is 0 Å². The quantitative estimate of drug-likeness (QED) is 0.430. The third-order valence-electron chi connectivity index (χ3n) is 5.34. The fraction of sp³-hybridized carbons (Fsp3) is 0.778. The lowest BCUT2D eigenvalue weighted by Crippen LogP contribution is -2.53. The van der Waals surface area contributed by atoms with Gasteiger partial charge in [-0.05, 0) is 51.4 Å². The fourth-order valence-electron chi connectivity index (χ4n) is 4.30. The van der Waals surface area contributed by atoms with Gasteiger partial charge in [0.15, 0.2) is 0 Å². The lowest BCUT2D eigenvalue weighted by atomic mass is 9.57. The lowest BCUT2D eigenvalue weighted by molar-refractivity contribution is -0.177. The van der Waals surface area contributed by atoms with Crippen LogP contribution in [0.2, 0.25) is 0 Å². The summed E-state index contributed by atoms with van der Waals surface area (Å²) in [7, 11) is 0. The van der Waals surface area contributed by atoms with Crippen LogP contribution in [0.1, 0.15) is 73.1 Å². The van der Waals surface area contributed by atoms with Gasteiger partial charge in [-0.2, -0.15) is 0 Å². The highest BCUT2D eigenvalue weighted by Gasteiger charge is 2.53. The van der Waals surface area contributed by atoms with E-state index in [9.17, 15) is 4.79 Å². The summed E-state index contributed by atoms with van der Waals surface area (Å²) in [5.41, 5.74) is 0.717. The number of hydrogen-bond acceptors (Lipinski definition) is 3. The molecule has 1 rings (SSSR count). The van der Waals surface area contributed by atoms with Crippen molar-refractivity contribution in [3.05, 3.63) is 12.2 Å². The maximum absolute atomic E-state index is 12.1. The largest absolute Gasteiger partial charge is 0.454 e. The molecule has 0 aromatic carbocycles. The molecule has 1 aliphatic carbocycles. The molecule has 0 bridgehead atoms. The van der Waals surface area contributed by atoms with Gasteiger partial charge in [0, 0.05) is 5.41 Å². The standard InChI is InChI=1S/C18H31NO2/c1-7-17(11-13(4)10-14(5)12-17)18(8-2,9-3)21-16(20)15(6)19/h14,19H,4,7-12H2,1-3,5-6H3. The topological polar surface area (TPSA) is 50.2 Å². The van der Waals surface area contributed by atoms with Crippen LogP contribution in [-0.4, -0.2) is 17.3 Å². The van der Waals surface area contributed by atoms with Crippen molar-refractivity contribution in [2.45, 2.75) is 78.7 Å². The van der Waals surface area contributed by atoms with Gasteiger partial charge in [0.25, 0.3) is 0 Å². The smallest absolute Gasteiger partial charge is 0.352 e. The zero-order valence-electron chi connectivity index (χ0n) is 14.3. The Bertz CT molecular complexity index is 423. The zero-order valence-corrected chi connectivity index (χ0v) is 14.3. The molecule has 1 fully saturated rings. The lowest BCUT2D eigenvalue weighted by Gasteiger charge is -2.53. The van der Waals surface area contributed by atoms with Gasteiger partial charge in [0.2, 0.25) is 0 Å². The molecule has 0 heterocycles. The van der Waals surface area contributed by atoms with E-state index < -0.39 is 11.6 Å². The Morgan fingerprint density at radius 1 is 1.43 bits per heavy atom. The summed E-state index contributed by atoms with van der Waals surface area (Å²) < 4.78 is 5.92. The second kappa shape index (κ2) is 6.76. The molecule has 0 aromatic rings. The molecule has 2 atom stereocenters. The Labute approximate surface area is 129 Å². The molecule has 0 aromatic heterocycles. The van der Waals surface area contributed by atoms with E-state index >= 15 is 0 Å². The average Bonchev–Trinajstić information content (AvgIpc) is 2.43. The van der Waals surface area contributed by atoms with Crippen molar-refractivity contribution in [1.82, 2.24) is 0 Å². The maximum Gasteiger partial charge on any atom is 0.352 e. The summed E-state index contributed by atoms with van der Waals surface area (Å²) >= 11 is 0. The first-order valence-corrected chi connectivity index (χ1v) is 8.21. The summed E-state index contributed by atoms with van der Waals surface area (Å²) in [4.78, 5) is 12.1. The SMILES string of the molecule is C=C1CC(C)CC(CC)(C(CC)(CC)OC(=O)C(C)=N)C1. The maximum atomic E-state index is 12.1. The molecule has 0 radical (unpaired) electrons. The summed E-state index contributed by atoms with van der Waals surface area (Å²) in [5.74, 6) is 0.0961. The molecule has 1 aliphatic rings. The van der Waals surface area contributed by atoms with Crippen LogP contribution in [0, 0.1) is 16.7 Å². The summed E-state index contributed by atoms with van der Waals surface area (Å²) in [6, 6.07) is 0. The normalized spacial score (nSPS) is 26.5. The predicted molar refractivity (Wildman–Crippen MR) is 87.7 cm³/mol. The molecule has 2 unspecified atom stereocenters. The monoisotopic (exact) mass is 293 g/mol. The molecule has 3 heteroatoms. The minimum absolute atomic E-state index is 0.0183. The van der Waals surface area contributed by atoms with E-state index in [4.69, 9.17) is 10.1 Å². The Kier molecular flexibility index (Phi) is 5.77. The Morgan fingerprint density at radius 3 is 2.38 bits per heavy atom.